The van der Waals surface area contributed by atoms with Gasteiger partial charge in [0.25, 0.3) is 0 Å². The van der Waals surface area contributed by atoms with Crippen LogP contribution in [0, 0.1) is 0 Å². The van der Waals surface area contributed by atoms with Crippen molar-refractivity contribution in [3.8, 4) is 16.8 Å². The average Bonchev–Trinajstić information content (AvgIpc) is 3.50. The summed E-state index contributed by atoms with van der Waals surface area (Å²) in [6.07, 6.45) is 18.5. The zero-order valence-electron chi connectivity index (χ0n) is 30.6. The minimum absolute atomic E-state index is 0.0716. The Kier molecular flexibility index (Phi) is 7.74. The Labute approximate surface area is 307 Å². The van der Waals surface area contributed by atoms with Gasteiger partial charge in [-0.25, -0.2) is 0 Å². The van der Waals surface area contributed by atoms with Crippen molar-refractivity contribution >= 4 is 56.8 Å². The molecule has 1 heterocycles. The highest BCUT2D eigenvalue weighted by molar-refractivity contribution is 6.26. The lowest BCUT2D eigenvalue weighted by Crippen LogP contribution is -2.11. The lowest BCUT2D eigenvalue weighted by molar-refractivity contribution is 0.591. The van der Waals surface area contributed by atoms with E-state index in [-0.39, 0.29) is 11.3 Å². The topological polar surface area (TPSA) is 17.3 Å². The molecule has 2 aliphatic carbocycles. The third-order valence-electron chi connectivity index (χ3n) is 11.4. The predicted octanol–water partition coefficient (Wildman–Crippen LogP) is 13.3. The van der Waals surface area contributed by atoms with Crippen molar-refractivity contribution in [2.45, 2.75) is 58.3 Å². The van der Waals surface area contributed by atoms with E-state index in [9.17, 15) is 0 Å². The van der Waals surface area contributed by atoms with Crippen LogP contribution in [-0.2, 0) is 18.3 Å². The van der Waals surface area contributed by atoms with Gasteiger partial charge in [-0.15, -0.1) is 0 Å². The zero-order valence-corrected chi connectivity index (χ0v) is 30.6. The Morgan fingerprint density at radius 1 is 0.808 bits per heavy atom. The van der Waals surface area contributed by atoms with Gasteiger partial charge in [0.15, 0.2) is 0 Å². The van der Waals surface area contributed by atoms with Crippen LogP contribution in [0.15, 0.2) is 133 Å². The van der Waals surface area contributed by atoms with Crippen molar-refractivity contribution in [1.29, 1.82) is 0 Å². The molecule has 2 nitrogen and oxygen atoms in total. The summed E-state index contributed by atoms with van der Waals surface area (Å²) in [5.74, 6) is 0.261. The first kappa shape index (κ1) is 32.2. The minimum Gasteiger partial charge on any atom is -0.310 e. The molecule has 0 amide bonds. The maximum absolute atomic E-state index is 3.85. The number of nitrogens with zero attached hydrogens (tertiary/aromatic N) is 2. The van der Waals surface area contributed by atoms with E-state index in [0.29, 0.717) is 0 Å². The molecule has 254 valence electrons. The maximum atomic E-state index is 3.85. The van der Waals surface area contributed by atoms with E-state index in [0.717, 1.165) is 19.3 Å². The van der Waals surface area contributed by atoms with Gasteiger partial charge in [0, 0.05) is 29.2 Å². The lowest BCUT2D eigenvalue weighted by atomic mass is 9.78. The van der Waals surface area contributed by atoms with Crippen LogP contribution in [0.3, 0.4) is 0 Å². The summed E-state index contributed by atoms with van der Waals surface area (Å²) in [5.41, 5.74) is 14.7. The van der Waals surface area contributed by atoms with Gasteiger partial charge in [0.2, 0.25) is 0 Å². The number of fused-ring (bicyclic) bond motifs is 3. The molecule has 1 atom stereocenters. The lowest BCUT2D eigenvalue weighted by Gasteiger charge is -2.25. The van der Waals surface area contributed by atoms with E-state index in [1.807, 2.05) is 6.08 Å². The fraction of sp³-hybridized carbons (Fsp3) is 0.180. The molecule has 6 aromatic carbocycles. The van der Waals surface area contributed by atoms with Gasteiger partial charge < -0.3 is 4.57 Å². The van der Waals surface area contributed by atoms with Crippen molar-refractivity contribution in [3.05, 3.63) is 167 Å². The van der Waals surface area contributed by atoms with Crippen molar-refractivity contribution < 1.29 is 0 Å². The smallest absolute Gasteiger partial charge is 0.0494 e. The molecule has 0 bridgehead atoms. The van der Waals surface area contributed by atoms with E-state index in [1.165, 1.54) is 93.9 Å². The third kappa shape index (κ3) is 5.28. The average molecular weight is 673 g/mol. The Morgan fingerprint density at radius 2 is 1.54 bits per heavy atom. The first-order valence-corrected chi connectivity index (χ1v) is 18.6. The number of aliphatic imine (C=N–C) groups is 1. The van der Waals surface area contributed by atoms with Crippen LogP contribution in [0.1, 0.15) is 79.2 Å². The molecule has 0 spiro atoms. The molecule has 0 saturated heterocycles. The van der Waals surface area contributed by atoms with E-state index < -0.39 is 0 Å². The normalized spacial score (nSPS) is 16.0. The molecule has 2 heteroatoms. The molecule has 0 fully saturated rings. The molecular weight excluding hydrogens is 629 g/mol. The first-order valence-electron chi connectivity index (χ1n) is 18.6. The van der Waals surface area contributed by atoms with Crippen LogP contribution >= 0.6 is 0 Å². The van der Waals surface area contributed by atoms with Gasteiger partial charge in [0.1, 0.15) is 0 Å². The van der Waals surface area contributed by atoms with E-state index in [2.05, 4.69) is 171 Å². The molecular formula is C50H44N2. The van der Waals surface area contributed by atoms with Gasteiger partial charge in [-0.05, 0) is 152 Å². The first-order chi connectivity index (χ1) is 25.3. The number of aromatic nitrogens is 1. The standard InChI is InChI=1S/C50H44N2/c1-32(12-11-27-51-5)33-17-19-34(20-18-33)43-31-44(42-25-22-37-29-38(50(2,3)4)28-36-21-24-41(43)49(42)48(36)37)35-23-26-47-45(30-35)40-15-9-10-16-46(40)52(47)39-13-7-6-8-14-39/h6-8,10-14,16-29,31,35H,5,9,15,30H2,1-4H3/b27-11-,32-12+. The van der Waals surface area contributed by atoms with Crippen molar-refractivity contribution in [2.24, 2.45) is 4.99 Å². The molecule has 0 aliphatic heterocycles. The molecule has 2 aliphatic rings. The highest BCUT2D eigenvalue weighted by atomic mass is 15.0. The molecule has 52 heavy (non-hydrogen) atoms. The van der Waals surface area contributed by atoms with Crippen LogP contribution < -0.4 is 0 Å². The van der Waals surface area contributed by atoms with Crippen molar-refractivity contribution in [3.63, 3.8) is 0 Å². The second-order valence-electron chi connectivity index (χ2n) is 15.6. The number of hydrogen-bond acceptors (Lipinski definition) is 1. The van der Waals surface area contributed by atoms with Crippen LogP contribution in [-0.4, -0.2) is 11.3 Å². The Bertz CT molecular complexity index is 2610. The molecule has 7 aromatic rings. The summed E-state index contributed by atoms with van der Waals surface area (Å²) in [4.78, 5) is 3.85. The maximum Gasteiger partial charge on any atom is 0.0494 e. The highest BCUT2D eigenvalue weighted by Crippen LogP contribution is 2.47. The summed E-state index contributed by atoms with van der Waals surface area (Å²) in [5, 5.41) is 8.10. The third-order valence-corrected chi connectivity index (χ3v) is 11.4. The Hall–Kier alpha value is -5.73. The molecule has 0 N–H and O–H groups in total. The van der Waals surface area contributed by atoms with Gasteiger partial charge in [-0.3, -0.25) is 4.99 Å². The van der Waals surface area contributed by atoms with E-state index >= 15 is 0 Å². The number of hydrogen-bond donors (Lipinski definition) is 0. The van der Waals surface area contributed by atoms with Crippen LogP contribution in [0.4, 0.5) is 0 Å². The van der Waals surface area contributed by atoms with Crippen LogP contribution in [0.5, 0.6) is 0 Å². The molecule has 9 rings (SSSR count). The van der Waals surface area contributed by atoms with E-state index in [4.69, 9.17) is 0 Å². The summed E-state index contributed by atoms with van der Waals surface area (Å²) in [6, 6.07) is 36.8. The SMILES string of the molecule is C=N/C=C\C=C(/C)c1ccc(-c2cc(C3C=Cc4c(c5c(n4-c4ccccc4)C=CCC5)C3)c3ccc4cc(C(C)(C)C)cc5ccc2c3c54)cc1. The zero-order chi connectivity index (χ0) is 35.6. The van der Waals surface area contributed by atoms with E-state index in [1.54, 1.807) is 6.20 Å². The molecule has 1 aromatic heterocycles. The number of rotatable bonds is 6. The number of benzene rings is 6. The minimum atomic E-state index is 0.0716. The van der Waals surface area contributed by atoms with Crippen molar-refractivity contribution in [2.75, 3.05) is 0 Å². The quantitative estimate of drug-likeness (QED) is 0.0950. The van der Waals surface area contributed by atoms with Gasteiger partial charge in [-0.2, -0.15) is 0 Å². The fourth-order valence-electron chi connectivity index (χ4n) is 8.73. The van der Waals surface area contributed by atoms with Gasteiger partial charge in [0.05, 0.1) is 0 Å². The Morgan fingerprint density at radius 3 is 2.27 bits per heavy atom. The Balaban J connectivity index is 1.25. The highest BCUT2D eigenvalue weighted by Gasteiger charge is 2.29. The number of para-hydroxylation sites is 1. The summed E-state index contributed by atoms with van der Waals surface area (Å²) in [7, 11) is 0. The molecule has 0 saturated carbocycles. The molecule has 1 unspecified atom stereocenters. The van der Waals surface area contributed by atoms with Gasteiger partial charge >= 0.3 is 0 Å². The van der Waals surface area contributed by atoms with Crippen molar-refractivity contribution in [1.82, 2.24) is 4.57 Å². The van der Waals surface area contributed by atoms with Gasteiger partial charge in [-0.1, -0.05) is 118 Å². The van der Waals surface area contributed by atoms with Crippen LogP contribution in [0.2, 0.25) is 0 Å². The second kappa shape index (κ2) is 12.5. The fourth-order valence-corrected chi connectivity index (χ4v) is 8.73. The monoisotopic (exact) mass is 672 g/mol. The summed E-state index contributed by atoms with van der Waals surface area (Å²) < 4.78 is 2.48. The van der Waals surface area contributed by atoms with Crippen LogP contribution in [0.25, 0.3) is 66.9 Å². The summed E-state index contributed by atoms with van der Waals surface area (Å²) in [6.45, 7) is 12.6. The largest absolute Gasteiger partial charge is 0.310 e. The number of allylic oxidation sites excluding steroid dienone is 5. The second-order valence-corrected chi connectivity index (χ2v) is 15.6. The predicted molar refractivity (Wildman–Crippen MR) is 225 cm³/mol. The summed E-state index contributed by atoms with van der Waals surface area (Å²) >= 11 is 0. The molecule has 0 radical (unpaired) electrons.